The first-order chi connectivity index (χ1) is 8.21. The molecule has 4 heteroatoms. The standard InChI is InChI=1S/C13H15FN2O/c14-9-2-3-11-10(6-9)16-12(17-11)7-13(8-15)4-1-5-13/h2-3,6H,1,4-5,7-8,15H2. The summed E-state index contributed by atoms with van der Waals surface area (Å²) in [6.45, 7) is 0.667. The van der Waals surface area contributed by atoms with Gasteiger partial charge in [0.05, 0.1) is 0 Å². The lowest BCUT2D eigenvalue weighted by Crippen LogP contribution is -2.39. The molecule has 1 aromatic heterocycles. The molecule has 0 aliphatic heterocycles. The number of hydrogen-bond donors (Lipinski definition) is 1. The van der Waals surface area contributed by atoms with Crippen LogP contribution in [0.1, 0.15) is 25.2 Å². The molecule has 1 aliphatic rings. The second-order valence-electron chi connectivity index (χ2n) is 4.95. The van der Waals surface area contributed by atoms with Crippen LogP contribution < -0.4 is 5.73 Å². The first-order valence-electron chi connectivity index (χ1n) is 5.96. The molecule has 2 aromatic rings. The maximum atomic E-state index is 13.0. The van der Waals surface area contributed by atoms with Crippen molar-refractivity contribution < 1.29 is 8.81 Å². The second kappa shape index (κ2) is 3.81. The van der Waals surface area contributed by atoms with Gasteiger partial charge in [-0.05, 0) is 36.9 Å². The fourth-order valence-electron chi connectivity index (χ4n) is 2.47. The quantitative estimate of drug-likeness (QED) is 0.888. The van der Waals surface area contributed by atoms with Gasteiger partial charge in [0.2, 0.25) is 0 Å². The van der Waals surface area contributed by atoms with Crippen LogP contribution in [-0.2, 0) is 6.42 Å². The van der Waals surface area contributed by atoms with Crippen molar-refractivity contribution in [1.29, 1.82) is 0 Å². The van der Waals surface area contributed by atoms with E-state index < -0.39 is 0 Å². The molecule has 0 atom stereocenters. The first-order valence-corrected chi connectivity index (χ1v) is 5.96. The molecule has 0 spiro atoms. The average Bonchev–Trinajstić information content (AvgIpc) is 2.65. The third kappa shape index (κ3) is 1.82. The Kier molecular flexibility index (Phi) is 2.40. The molecular formula is C13H15FN2O. The Bertz CT molecular complexity index is 540. The number of hydrogen-bond acceptors (Lipinski definition) is 3. The van der Waals surface area contributed by atoms with E-state index in [0.717, 1.165) is 19.3 Å². The minimum absolute atomic E-state index is 0.166. The van der Waals surface area contributed by atoms with Crippen LogP contribution in [0.25, 0.3) is 11.1 Å². The molecule has 0 amide bonds. The van der Waals surface area contributed by atoms with Crippen LogP contribution in [0.4, 0.5) is 4.39 Å². The van der Waals surface area contributed by atoms with Gasteiger partial charge in [-0.25, -0.2) is 9.37 Å². The van der Waals surface area contributed by atoms with Crippen molar-refractivity contribution in [3.05, 3.63) is 29.9 Å². The van der Waals surface area contributed by atoms with Gasteiger partial charge >= 0.3 is 0 Å². The molecule has 0 saturated heterocycles. The summed E-state index contributed by atoms with van der Waals surface area (Å²) in [6, 6.07) is 4.41. The molecule has 1 aromatic carbocycles. The zero-order chi connectivity index (χ0) is 11.9. The molecule has 0 bridgehead atoms. The van der Waals surface area contributed by atoms with Gasteiger partial charge in [0.25, 0.3) is 0 Å². The van der Waals surface area contributed by atoms with Crippen molar-refractivity contribution in [2.24, 2.45) is 11.1 Å². The molecule has 1 heterocycles. The lowest BCUT2D eigenvalue weighted by atomic mass is 9.67. The van der Waals surface area contributed by atoms with Crippen molar-refractivity contribution in [2.45, 2.75) is 25.7 Å². The van der Waals surface area contributed by atoms with E-state index in [1.54, 1.807) is 6.07 Å². The lowest BCUT2D eigenvalue weighted by Gasteiger charge is -2.39. The fourth-order valence-corrected chi connectivity index (χ4v) is 2.47. The van der Waals surface area contributed by atoms with Crippen LogP contribution in [-0.4, -0.2) is 11.5 Å². The molecule has 3 rings (SSSR count). The van der Waals surface area contributed by atoms with Crippen LogP contribution in [0, 0.1) is 11.2 Å². The van der Waals surface area contributed by atoms with Crippen LogP contribution in [0.3, 0.4) is 0 Å². The molecule has 0 unspecified atom stereocenters. The van der Waals surface area contributed by atoms with Crippen LogP contribution in [0.2, 0.25) is 0 Å². The smallest absolute Gasteiger partial charge is 0.196 e. The molecular weight excluding hydrogens is 219 g/mol. The largest absolute Gasteiger partial charge is 0.441 e. The number of fused-ring (bicyclic) bond motifs is 1. The average molecular weight is 234 g/mol. The van der Waals surface area contributed by atoms with E-state index in [9.17, 15) is 4.39 Å². The normalized spacial score (nSPS) is 18.2. The Morgan fingerprint density at radius 3 is 2.88 bits per heavy atom. The summed E-state index contributed by atoms with van der Waals surface area (Å²) in [5.41, 5.74) is 7.21. The van der Waals surface area contributed by atoms with E-state index in [4.69, 9.17) is 10.2 Å². The Hall–Kier alpha value is -1.42. The zero-order valence-corrected chi connectivity index (χ0v) is 9.58. The molecule has 0 radical (unpaired) electrons. The SMILES string of the molecule is NCC1(Cc2nc3cc(F)ccc3o2)CCC1. The summed E-state index contributed by atoms with van der Waals surface area (Å²) in [5.74, 6) is 0.394. The van der Waals surface area contributed by atoms with Crippen molar-refractivity contribution in [3.63, 3.8) is 0 Å². The maximum Gasteiger partial charge on any atom is 0.196 e. The summed E-state index contributed by atoms with van der Waals surface area (Å²) in [5, 5.41) is 0. The van der Waals surface area contributed by atoms with Crippen LogP contribution >= 0.6 is 0 Å². The van der Waals surface area contributed by atoms with E-state index >= 15 is 0 Å². The van der Waals surface area contributed by atoms with E-state index in [1.807, 2.05) is 0 Å². The maximum absolute atomic E-state index is 13.0. The third-order valence-electron chi connectivity index (χ3n) is 3.77. The summed E-state index contributed by atoms with van der Waals surface area (Å²) < 4.78 is 18.6. The number of nitrogens with two attached hydrogens (primary N) is 1. The van der Waals surface area contributed by atoms with E-state index in [-0.39, 0.29) is 11.2 Å². The Morgan fingerprint density at radius 2 is 2.24 bits per heavy atom. The Labute approximate surface area is 98.8 Å². The highest BCUT2D eigenvalue weighted by molar-refractivity contribution is 5.72. The highest BCUT2D eigenvalue weighted by Crippen LogP contribution is 2.42. The molecule has 3 nitrogen and oxygen atoms in total. The van der Waals surface area contributed by atoms with Gasteiger partial charge in [-0.15, -0.1) is 0 Å². The highest BCUT2D eigenvalue weighted by atomic mass is 19.1. The minimum Gasteiger partial charge on any atom is -0.441 e. The first kappa shape index (κ1) is 10.7. The number of rotatable bonds is 3. The molecule has 2 N–H and O–H groups in total. The van der Waals surface area contributed by atoms with Gasteiger partial charge in [-0.2, -0.15) is 0 Å². The van der Waals surface area contributed by atoms with Crippen molar-refractivity contribution in [1.82, 2.24) is 4.98 Å². The third-order valence-corrected chi connectivity index (χ3v) is 3.77. The van der Waals surface area contributed by atoms with Gasteiger partial charge in [-0.1, -0.05) is 6.42 Å². The predicted molar refractivity (Wildman–Crippen MR) is 63.0 cm³/mol. The summed E-state index contributed by atoms with van der Waals surface area (Å²) >= 11 is 0. The van der Waals surface area contributed by atoms with Gasteiger partial charge in [0.15, 0.2) is 11.5 Å². The van der Waals surface area contributed by atoms with E-state index in [0.29, 0.717) is 23.5 Å². The second-order valence-corrected chi connectivity index (χ2v) is 4.95. The molecule has 1 aliphatic carbocycles. The van der Waals surface area contributed by atoms with E-state index in [2.05, 4.69) is 4.98 Å². The monoisotopic (exact) mass is 234 g/mol. The molecule has 1 saturated carbocycles. The molecule has 1 fully saturated rings. The summed E-state index contributed by atoms with van der Waals surface area (Å²) in [6.07, 6.45) is 4.26. The highest BCUT2D eigenvalue weighted by Gasteiger charge is 2.37. The van der Waals surface area contributed by atoms with Crippen molar-refractivity contribution in [2.75, 3.05) is 6.54 Å². The van der Waals surface area contributed by atoms with Gasteiger partial charge in [0.1, 0.15) is 11.3 Å². The van der Waals surface area contributed by atoms with Crippen LogP contribution in [0.5, 0.6) is 0 Å². The van der Waals surface area contributed by atoms with Crippen molar-refractivity contribution in [3.8, 4) is 0 Å². The van der Waals surface area contributed by atoms with E-state index in [1.165, 1.54) is 18.6 Å². The molecule has 90 valence electrons. The predicted octanol–water partition coefficient (Wildman–Crippen LogP) is 2.64. The minimum atomic E-state index is -0.283. The van der Waals surface area contributed by atoms with Crippen molar-refractivity contribution >= 4 is 11.1 Å². The number of benzene rings is 1. The number of nitrogens with zero attached hydrogens (tertiary/aromatic N) is 1. The van der Waals surface area contributed by atoms with Gasteiger partial charge in [0, 0.05) is 12.5 Å². The summed E-state index contributed by atoms with van der Waals surface area (Å²) in [4.78, 5) is 4.33. The van der Waals surface area contributed by atoms with Gasteiger partial charge in [-0.3, -0.25) is 0 Å². The Morgan fingerprint density at radius 1 is 1.41 bits per heavy atom. The number of aromatic nitrogens is 1. The lowest BCUT2D eigenvalue weighted by molar-refractivity contribution is 0.134. The Balaban J connectivity index is 1.90. The fraction of sp³-hybridized carbons (Fsp3) is 0.462. The van der Waals surface area contributed by atoms with Gasteiger partial charge < -0.3 is 10.2 Å². The van der Waals surface area contributed by atoms with Crippen LogP contribution in [0.15, 0.2) is 22.6 Å². The zero-order valence-electron chi connectivity index (χ0n) is 9.58. The summed E-state index contributed by atoms with van der Waals surface area (Å²) in [7, 11) is 0. The number of halogens is 1. The number of oxazole rings is 1. The molecule has 17 heavy (non-hydrogen) atoms. The topological polar surface area (TPSA) is 52.0 Å².